The molecule has 0 N–H and O–H groups in total. The molecule has 2 fully saturated rings. The fourth-order valence-corrected chi connectivity index (χ4v) is 6.70. The lowest BCUT2D eigenvalue weighted by Crippen LogP contribution is -2.56. The second kappa shape index (κ2) is 10.5. The van der Waals surface area contributed by atoms with Crippen LogP contribution in [-0.4, -0.2) is 90.4 Å². The monoisotopic (exact) mass is 555 g/mol. The zero-order valence-corrected chi connectivity index (χ0v) is 21.7. The Hall–Kier alpha value is -2.58. The molecule has 3 aromatic rings. The molecule has 2 aromatic carbocycles. The number of nitrogens with zero attached hydrogens (tertiary/aromatic N) is 5. The SMILES string of the molecule is Cc1cc2c(cnn2-c2ccc(F)cc2)cc1C1CN(S(=O)(=O)N2CCOCC2)CCN1CCC(F)(F)F. The summed E-state index contributed by atoms with van der Waals surface area (Å²) in [5.41, 5.74) is 2.98. The van der Waals surface area contributed by atoms with Crippen molar-refractivity contribution in [2.75, 3.05) is 52.5 Å². The summed E-state index contributed by atoms with van der Waals surface area (Å²) in [7, 11) is -3.79. The van der Waals surface area contributed by atoms with Crippen LogP contribution in [-0.2, 0) is 14.9 Å². The normalized spacial score (nSPS) is 20.8. The molecule has 2 aliphatic heterocycles. The Morgan fingerprint density at radius 2 is 1.74 bits per heavy atom. The van der Waals surface area contributed by atoms with E-state index in [2.05, 4.69) is 5.10 Å². The molecule has 0 radical (unpaired) electrons. The zero-order chi connectivity index (χ0) is 27.1. The number of fused-ring (bicyclic) bond motifs is 1. The Morgan fingerprint density at radius 1 is 1.03 bits per heavy atom. The van der Waals surface area contributed by atoms with Gasteiger partial charge in [-0.3, -0.25) is 4.90 Å². The molecule has 13 heteroatoms. The summed E-state index contributed by atoms with van der Waals surface area (Å²) in [6, 6.07) is 9.09. The van der Waals surface area contributed by atoms with Crippen LogP contribution in [0.2, 0.25) is 0 Å². The Bertz CT molecular complexity index is 1390. The summed E-state index contributed by atoms with van der Waals surface area (Å²) in [6.07, 6.45) is -3.66. The highest BCUT2D eigenvalue weighted by atomic mass is 32.2. The third-order valence-corrected chi connectivity index (χ3v) is 9.15. The standard InChI is InChI=1S/C25H29F4N5O3S/c1-18-14-23-19(16-30-34(23)21-4-2-20(26)3-5-21)15-22(18)24-17-33(9-8-31(24)7-6-25(27,28)29)38(35,36)32-10-12-37-13-11-32/h2-5,14-16,24H,6-13,17H2,1H3. The fraction of sp³-hybridized carbons (Fsp3) is 0.480. The van der Waals surface area contributed by atoms with Crippen molar-refractivity contribution >= 4 is 21.1 Å². The second-order valence-electron chi connectivity index (χ2n) is 9.59. The number of aromatic nitrogens is 2. The number of piperazine rings is 1. The van der Waals surface area contributed by atoms with Crippen LogP contribution in [0, 0.1) is 12.7 Å². The first-order valence-corrected chi connectivity index (χ1v) is 13.8. The van der Waals surface area contributed by atoms with Gasteiger partial charge in [-0.25, -0.2) is 9.07 Å². The fourth-order valence-electron chi connectivity index (χ4n) is 5.12. The first-order valence-electron chi connectivity index (χ1n) is 12.4. The van der Waals surface area contributed by atoms with Crippen LogP contribution in [0.25, 0.3) is 16.6 Å². The minimum atomic E-state index is -4.32. The first-order chi connectivity index (χ1) is 18.0. The summed E-state index contributed by atoms with van der Waals surface area (Å²) in [5.74, 6) is -0.364. The van der Waals surface area contributed by atoms with Crippen LogP contribution >= 0.6 is 0 Å². The number of aryl methyl sites for hydroxylation is 1. The van der Waals surface area contributed by atoms with E-state index in [1.807, 2.05) is 19.1 Å². The maximum atomic E-state index is 13.4. The lowest BCUT2D eigenvalue weighted by Gasteiger charge is -2.43. The molecule has 38 heavy (non-hydrogen) atoms. The summed E-state index contributed by atoms with van der Waals surface area (Å²) in [4.78, 5) is 1.72. The molecule has 3 heterocycles. The summed E-state index contributed by atoms with van der Waals surface area (Å²) >= 11 is 0. The molecule has 1 atom stereocenters. The molecule has 8 nitrogen and oxygen atoms in total. The smallest absolute Gasteiger partial charge is 0.379 e. The molecule has 0 spiro atoms. The largest absolute Gasteiger partial charge is 0.390 e. The predicted octanol–water partition coefficient (Wildman–Crippen LogP) is 3.66. The summed E-state index contributed by atoms with van der Waals surface area (Å²) in [5, 5.41) is 5.18. The van der Waals surface area contributed by atoms with Gasteiger partial charge in [0.1, 0.15) is 5.82 Å². The topological polar surface area (TPSA) is 70.9 Å². The van der Waals surface area contributed by atoms with Gasteiger partial charge in [-0.2, -0.15) is 35.3 Å². The Morgan fingerprint density at radius 3 is 2.42 bits per heavy atom. The van der Waals surface area contributed by atoms with Gasteiger partial charge in [-0.05, 0) is 54.4 Å². The molecule has 0 saturated carbocycles. The predicted molar refractivity (Wildman–Crippen MR) is 134 cm³/mol. The van der Waals surface area contributed by atoms with Gasteiger partial charge in [0.25, 0.3) is 10.2 Å². The van der Waals surface area contributed by atoms with E-state index in [1.165, 1.54) is 20.7 Å². The van der Waals surface area contributed by atoms with Crippen LogP contribution in [0.15, 0.2) is 42.6 Å². The number of alkyl halides is 3. The van der Waals surface area contributed by atoms with Gasteiger partial charge in [0, 0.05) is 50.7 Å². The van der Waals surface area contributed by atoms with Crippen LogP contribution < -0.4 is 0 Å². The van der Waals surface area contributed by atoms with Gasteiger partial charge >= 0.3 is 6.18 Å². The summed E-state index contributed by atoms with van der Waals surface area (Å²) < 4.78 is 89.3. The molecule has 0 bridgehead atoms. The maximum absolute atomic E-state index is 13.4. The molecule has 1 unspecified atom stereocenters. The van der Waals surface area contributed by atoms with Crippen molar-refractivity contribution in [3.63, 3.8) is 0 Å². The minimum absolute atomic E-state index is 0.0377. The molecule has 5 rings (SSSR count). The van der Waals surface area contributed by atoms with Crippen LogP contribution in [0.4, 0.5) is 17.6 Å². The number of ether oxygens (including phenoxy) is 1. The third kappa shape index (κ3) is 5.57. The van der Waals surface area contributed by atoms with Crippen LogP contribution in [0.3, 0.4) is 0 Å². The highest BCUT2D eigenvalue weighted by Gasteiger charge is 2.39. The lowest BCUT2D eigenvalue weighted by atomic mass is 9.96. The van der Waals surface area contributed by atoms with E-state index in [4.69, 9.17) is 4.74 Å². The molecule has 2 aliphatic rings. The Labute approximate surface area is 218 Å². The molecule has 206 valence electrons. The van der Waals surface area contributed by atoms with Crippen molar-refractivity contribution in [1.82, 2.24) is 23.3 Å². The van der Waals surface area contributed by atoms with Crippen molar-refractivity contribution < 1.29 is 30.7 Å². The average molecular weight is 556 g/mol. The van der Waals surface area contributed by atoms with Crippen LogP contribution in [0.5, 0.6) is 0 Å². The van der Waals surface area contributed by atoms with Crippen molar-refractivity contribution in [1.29, 1.82) is 0 Å². The number of halogens is 4. The first kappa shape index (κ1) is 27.0. The van der Waals surface area contributed by atoms with Gasteiger partial charge in [0.05, 0.1) is 37.0 Å². The van der Waals surface area contributed by atoms with Gasteiger partial charge in [0.2, 0.25) is 0 Å². The van der Waals surface area contributed by atoms with E-state index in [0.29, 0.717) is 18.9 Å². The average Bonchev–Trinajstić information content (AvgIpc) is 3.30. The second-order valence-corrected chi connectivity index (χ2v) is 11.5. The van der Waals surface area contributed by atoms with E-state index in [9.17, 15) is 26.0 Å². The van der Waals surface area contributed by atoms with E-state index < -0.39 is 28.8 Å². The molecule has 2 saturated heterocycles. The van der Waals surface area contributed by atoms with E-state index in [-0.39, 0.29) is 45.1 Å². The molecule has 1 aromatic heterocycles. The maximum Gasteiger partial charge on any atom is 0.390 e. The summed E-state index contributed by atoms with van der Waals surface area (Å²) in [6.45, 7) is 3.05. The molecular formula is C25H29F4N5O3S. The highest BCUT2D eigenvalue weighted by Crippen LogP contribution is 2.34. The van der Waals surface area contributed by atoms with E-state index in [0.717, 1.165) is 22.0 Å². The third-order valence-electron chi connectivity index (χ3n) is 7.15. The number of rotatable bonds is 6. The van der Waals surface area contributed by atoms with Crippen molar-refractivity contribution in [3.8, 4) is 5.69 Å². The van der Waals surface area contributed by atoms with E-state index >= 15 is 0 Å². The van der Waals surface area contributed by atoms with Crippen LogP contribution in [0.1, 0.15) is 23.6 Å². The van der Waals surface area contributed by atoms with Gasteiger partial charge in [-0.1, -0.05) is 0 Å². The highest BCUT2D eigenvalue weighted by molar-refractivity contribution is 7.86. The van der Waals surface area contributed by atoms with Gasteiger partial charge in [-0.15, -0.1) is 0 Å². The van der Waals surface area contributed by atoms with Gasteiger partial charge < -0.3 is 4.74 Å². The van der Waals surface area contributed by atoms with Crippen molar-refractivity contribution in [3.05, 3.63) is 59.5 Å². The zero-order valence-electron chi connectivity index (χ0n) is 20.9. The number of benzene rings is 2. The number of hydrogen-bond acceptors (Lipinski definition) is 5. The minimum Gasteiger partial charge on any atom is -0.379 e. The quantitative estimate of drug-likeness (QED) is 0.435. The number of hydrogen-bond donors (Lipinski definition) is 0. The van der Waals surface area contributed by atoms with E-state index in [1.54, 1.807) is 27.9 Å². The molecule has 0 aliphatic carbocycles. The Balaban J connectivity index is 1.49. The van der Waals surface area contributed by atoms with Crippen molar-refractivity contribution in [2.24, 2.45) is 0 Å². The molecule has 0 amide bonds. The van der Waals surface area contributed by atoms with Crippen molar-refractivity contribution in [2.45, 2.75) is 25.6 Å². The Kier molecular flexibility index (Phi) is 7.48. The molecular weight excluding hydrogens is 526 g/mol. The number of morpholine rings is 1. The van der Waals surface area contributed by atoms with Gasteiger partial charge in [0.15, 0.2) is 0 Å². The lowest BCUT2D eigenvalue weighted by molar-refractivity contribution is -0.140.